The molecule has 1 aromatic carbocycles. The Bertz CT molecular complexity index is 852. The molecule has 0 aliphatic carbocycles. The van der Waals surface area contributed by atoms with Crippen LogP contribution in [0.1, 0.15) is 29.6 Å². The minimum atomic E-state index is -0.478. The van der Waals surface area contributed by atoms with Crippen LogP contribution in [0.5, 0.6) is 5.75 Å². The fourth-order valence-corrected chi connectivity index (χ4v) is 3.71. The van der Waals surface area contributed by atoms with Gasteiger partial charge in [-0.3, -0.25) is 4.79 Å². The van der Waals surface area contributed by atoms with E-state index in [0.29, 0.717) is 48.3 Å². The Morgan fingerprint density at radius 1 is 1.38 bits per heavy atom. The van der Waals surface area contributed by atoms with E-state index in [-0.39, 0.29) is 11.7 Å². The summed E-state index contributed by atoms with van der Waals surface area (Å²) in [6, 6.07) is 4.37. The summed E-state index contributed by atoms with van der Waals surface area (Å²) in [4.78, 5) is 17.1. The SMILES string of the molecule is COCCC1CCCN(C(=O)c2c(N(C)C)noc2-c2ccc(F)c(OC)c2)C1. The fraction of sp³-hybridized carbons (Fsp3) is 0.524. The molecule has 1 unspecified atom stereocenters. The van der Waals surface area contributed by atoms with Gasteiger partial charge >= 0.3 is 0 Å². The number of aromatic nitrogens is 1. The summed E-state index contributed by atoms with van der Waals surface area (Å²) in [6.45, 7) is 2.04. The van der Waals surface area contributed by atoms with Crippen molar-refractivity contribution >= 4 is 11.7 Å². The molecular weight excluding hydrogens is 377 g/mol. The first-order valence-electron chi connectivity index (χ1n) is 9.75. The van der Waals surface area contributed by atoms with Gasteiger partial charge in [0.2, 0.25) is 0 Å². The second-order valence-electron chi connectivity index (χ2n) is 7.49. The summed E-state index contributed by atoms with van der Waals surface area (Å²) in [5.41, 5.74) is 0.927. The molecule has 1 aliphatic heterocycles. The summed E-state index contributed by atoms with van der Waals surface area (Å²) in [7, 11) is 6.70. The quantitative estimate of drug-likeness (QED) is 0.703. The van der Waals surface area contributed by atoms with Gasteiger partial charge in [-0.25, -0.2) is 4.39 Å². The molecule has 0 radical (unpaired) electrons. The van der Waals surface area contributed by atoms with Gasteiger partial charge in [0, 0.05) is 46.5 Å². The number of halogens is 1. The molecule has 0 spiro atoms. The molecule has 158 valence electrons. The lowest BCUT2D eigenvalue weighted by Gasteiger charge is -2.33. The van der Waals surface area contributed by atoms with Gasteiger partial charge in [0.1, 0.15) is 5.56 Å². The molecule has 0 saturated carbocycles. The van der Waals surface area contributed by atoms with E-state index in [4.69, 9.17) is 14.0 Å². The number of rotatable bonds is 7. The Balaban J connectivity index is 1.95. The molecule has 0 bridgehead atoms. The van der Waals surface area contributed by atoms with Gasteiger partial charge in [-0.1, -0.05) is 5.16 Å². The van der Waals surface area contributed by atoms with Crippen LogP contribution in [-0.2, 0) is 4.74 Å². The summed E-state index contributed by atoms with van der Waals surface area (Å²) in [5.74, 6) is 0.651. The molecule has 7 nitrogen and oxygen atoms in total. The number of hydrogen-bond donors (Lipinski definition) is 0. The first-order chi connectivity index (χ1) is 14.0. The second kappa shape index (κ2) is 9.26. The van der Waals surface area contributed by atoms with E-state index >= 15 is 0 Å². The topological polar surface area (TPSA) is 68.0 Å². The van der Waals surface area contributed by atoms with Crippen LogP contribution in [0.15, 0.2) is 22.7 Å². The first-order valence-corrected chi connectivity index (χ1v) is 9.75. The van der Waals surface area contributed by atoms with Gasteiger partial charge in [-0.15, -0.1) is 0 Å². The van der Waals surface area contributed by atoms with Crippen LogP contribution < -0.4 is 9.64 Å². The average Bonchev–Trinajstić information content (AvgIpc) is 3.17. The number of piperidine rings is 1. The third kappa shape index (κ3) is 4.53. The number of likely N-dealkylation sites (tertiary alicyclic amines) is 1. The summed E-state index contributed by atoms with van der Waals surface area (Å²) < 4.78 is 29.7. The number of methoxy groups -OCH3 is 2. The maximum absolute atomic E-state index is 13.8. The number of carbonyl (C=O) groups excluding carboxylic acids is 1. The number of hydrogen-bond acceptors (Lipinski definition) is 6. The highest BCUT2D eigenvalue weighted by molar-refractivity contribution is 6.04. The summed E-state index contributed by atoms with van der Waals surface area (Å²) >= 11 is 0. The van der Waals surface area contributed by atoms with Crippen molar-refractivity contribution in [3.8, 4) is 17.1 Å². The third-order valence-electron chi connectivity index (χ3n) is 5.26. The molecule has 29 heavy (non-hydrogen) atoms. The minimum Gasteiger partial charge on any atom is -0.494 e. The normalized spacial score (nSPS) is 16.7. The van der Waals surface area contributed by atoms with Gasteiger partial charge in [0.05, 0.1) is 7.11 Å². The van der Waals surface area contributed by atoms with Crippen molar-refractivity contribution in [3.05, 3.63) is 29.6 Å². The molecule has 1 amide bonds. The van der Waals surface area contributed by atoms with Crippen LogP contribution in [0.2, 0.25) is 0 Å². The Hall–Kier alpha value is -2.61. The van der Waals surface area contributed by atoms with E-state index in [1.54, 1.807) is 32.2 Å². The van der Waals surface area contributed by atoms with Gasteiger partial charge in [-0.2, -0.15) is 0 Å². The molecular formula is C21H28FN3O4. The smallest absolute Gasteiger partial charge is 0.261 e. The molecule has 2 aromatic rings. The van der Waals surface area contributed by atoms with E-state index in [2.05, 4.69) is 5.16 Å². The van der Waals surface area contributed by atoms with Crippen molar-refractivity contribution < 1.29 is 23.2 Å². The van der Waals surface area contributed by atoms with Crippen molar-refractivity contribution in [2.75, 3.05) is 52.9 Å². The maximum atomic E-state index is 13.8. The van der Waals surface area contributed by atoms with Crippen LogP contribution in [0.4, 0.5) is 10.2 Å². The van der Waals surface area contributed by atoms with Gasteiger partial charge < -0.3 is 23.8 Å². The molecule has 1 atom stereocenters. The second-order valence-corrected chi connectivity index (χ2v) is 7.49. The zero-order valence-corrected chi connectivity index (χ0v) is 17.4. The lowest BCUT2D eigenvalue weighted by molar-refractivity contribution is 0.0643. The Labute approximate surface area is 170 Å². The van der Waals surface area contributed by atoms with E-state index in [0.717, 1.165) is 19.3 Å². The fourth-order valence-electron chi connectivity index (χ4n) is 3.71. The van der Waals surface area contributed by atoms with Crippen LogP contribution in [0.3, 0.4) is 0 Å². The number of benzene rings is 1. The molecule has 8 heteroatoms. The van der Waals surface area contributed by atoms with Gasteiger partial charge in [-0.05, 0) is 43.4 Å². The number of anilines is 1. The van der Waals surface area contributed by atoms with Crippen molar-refractivity contribution in [1.82, 2.24) is 10.1 Å². The van der Waals surface area contributed by atoms with Crippen molar-refractivity contribution in [2.45, 2.75) is 19.3 Å². The molecule has 1 fully saturated rings. The number of amides is 1. The summed E-state index contributed by atoms with van der Waals surface area (Å²) in [6.07, 6.45) is 2.95. The van der Waals surface area contributed by atoms with E-state index < -0.39 is 5.82 Å². The predicted octanol–water partition coefficient (Wildman–Crippen LogP) is 3.44. The minimum absolute atomic E-state index is 0.0845. The number of ether oxygens (including phenoxy) is 2. The van der Waals surface area contributed by atoms with E-state index in [1.807, 2.05) is 4.90 Å². The monoisotopic (exact) mass is 405 g/mol. The lowest BCUT2D eigenvalue weighted by atomic mass is 9.94. The molecule has 1 saturated heterocycles. The van der Waals surface area contributed by atoms with E-state index in [9.17, 15) is 9.18 Å². The van der Waals surface area contributed by atoms with Crippen LogP contribution >= 0.6 is 0 Å². The Morgan fingerprint density at radius 3 is 2.86 bits per heavy atom. The highest BCUT2D eigenvalue weighted by Crippen LogP contribution is 2.35. The molecule has 3 rings (SSSR count). The maximum Gasteiger partial charge on any atom is 0.261 e. The molecule has 1 aromatic heterocycles. The van der Waals surface area contributed by atoms with Crippen LogP contribution in [0, 0.1) is 11.7 Å². The highest BCUT2D eigenvalue weighted by Gasteiger charge is 2.32. The third-order valence-corrected chi connectivity index (χ3v) is 5.26. The summed E-state index contributed by atoms with van der Waals surface area (Å²) in [5, 5.41) is 4.10. The Morgan fingerprint density at radius 2 is 2.17 bits per heavy atom. The van der Waals surface area contributed by atoms with Gasteiger partial charge in [0.25, 0.3) is 5.91 Å². The average molecular weight is 405 g/mol. The van der Waals surface area contributed by atoms with Crippen molar-refractivity contribution in [3.63, 3.8) is 0 Å². The van der Waals surface area contributed by atoms with Gasteiger partial charge in [0.15, 0.2) is 23.1 Å². The van der Waals surface area contributed by atoms with Crippen LogP contribution in [0.25, 0.3) is 11.3 Å². The van der Waals surface area contributed by atoms with Crippen molar-refractivity contribution in [2.24, 2.45) is 5.92 Å². The Kier molecular flexibility index (Phi) is 6.74. The standard InChI is InChI=1S/C21H28FN3O4/c1-24(2)20-18(21(26)25-10-5-6-14(13-25)9-11-27-3)19(29-23-20)15-7-8-16(22)17(12-15)28-4/h7-8,12,14H,5-6,9-11,13H2,1-4H3. The predicted molar refractivity (Wildman–Crippen MR) is 108 cm³/mol. The van der Waals surface area contributed by atoms with E-state index in [1.165, 1.54) is 19.2 Å². The zero-order chi connectivity index (χ0) is 21.0. The van der Waals surface area contributed by atoms with Crippen molar-refractivity contribution in [1.29, 1.82) is 0 Å². The molecule has 0 N–H and O–H groups in total. The number of carbonyl (C=O) groups is 1. The zero-order valence-electron chi connectivity index (χ0n) is 17.4. The number of nitrogens with zero attached hydrogens (tertiary/aromatic N) is 3. The largest absolute Gasteiger partial charge is 0.494 e. The molecule has 2 heterocycles. The van der Waals surface area contributed by atoms with Crippen LogP contribution in [-0.4, -0.2) is 64.0 Å². The molecule has 1 aliphatic rings. The highest BCUT2D eigenvalue weighted by atomic mass is 19.1. The lowest BCUT2D eigenvalue weighted by Crippen LogP contribution is -2.40. The first kappa shape index (κ1) is 21.1.